The minimum absolute atomic E-state index is 0.0905. The molecule has 0 radical (unpaired) electrons. The van der Waals surface area contributed by atoms with Gasteiger partial charge in [0.1, 0.15) is 11.3 Å². The maximum atomic E-state index is 12.7. The van der Waals surface area contributed by atoms with Crippen molar-refractivity contribution in [2.45, 2.75) is 12.5 Å². The molecule has 1 fully saturated rings. The molecule has 154 valence electrons. The Morgan fingerprint density at radius 1 is 1.20 bits per heavy atom. The first-order valence-electron chi connectivity index (χ1n) is 9.63. The molecule has 1 saturated heterocycles. The average molecular weight is 406 g/mol. The second kappa shape index (κ2) is 7.72. The van der Waals surface area contributed by atoms with Gasteiger partial charge in [-0.15, -0.1) is 0 Å². The van der Waals surface area contributed by atoms with Crippen molar-refractivity contribution in [1.82, 2.24) is 9.78 Å². The lowest BCUT2D eigenvalue weighted by Gasteiger charge is -2.41. The number of nitro groups is 1. The number of anilines is 1. The zero-order valence-corrected chi connectivity index (χ0v) is 16.8. The van der Waals surface area contributed by atoms with E-state index in [-0.39, 0.29) is 11.5 Å². The van der Waals surface area contributed by atoms with Crippen LogP contribution in [0.2, 0.25) is 0 Å². The molecule has 0 N–H and O–H groups in total. The van der Waals surface area contributed by atoms with Crippen LogP contribution >= 0.6 is 0 Å². The zero-order chi connectivity index (χ0) is 21.3. The zero-order valence-electron chi connectivity index (χ0n) is 16.8. The molecule has 3 aromatic rings. The predicted molar refractivity (Wildman–Crippen MR) is 112 cm³/mol. The number of aromatic nitrogens is 2. The number of nitro benzene ring substituents is 1. The molecule has 8 nitrogen and oxygen atoms in total. The van der Waals surface area contributed by atoms with Gasteiger partial charge in [-0.3, -0.25) is 19.6 Å². The van der Waals surface area contributed by atoms with Crippen LogP contribution in [0, 0.1) is 10.1 Å². The van der Waals surface area contributed by atoms with Crippen LogP contribution in [0.15, 0.2) is 60.9 Å². The third-order valence-corrected chi connectivity index (χ3v) is 5.40. The van der Waals surface area contributed by atoms with Crippen LogP contribution in [0.5, 0.6) is 0 Å². The minimum Gasteiger partial charge on any atom is -0.367 e. The number of aryl methyl sites for hydroxylation is 1. The molecule has 1 aliphatic heterocycles. The van der Waals surface area contributed by atoms with E-state index in [1.807, 2.05) is 31.1 Å². The van der Waals surface area contributed by atoms with E-state index in [1.165, 1.54) is 6.07 Å². The number of hydrogen-bond donors (Lipinski definition) is 0. The average Bonchev–Trinajstić information content (AvgIpc) is 3.21. The molecule has 1 unspecified atom stereocenters. The molecule has 4 rings (SSSR count). The lowest BCUT2D eigenvalue weighted by atomic mass is 9.96. The third-order valence-electron chi connectivity index (χ3n) is 5.40. The first-order valence-corrected chi connectivity index (χ1v) is 9.63. The number of rotatable bonds is 5. The normalized spacial score (nSPS) is 18.9. The van der Waals surface area contributed by atoms with Crippen molar-refractivity contribution in [3.05, 3.63) is 87.7 Å². The van der Waals surface area contributed by atoms with Crippen LogP contribution in [0.1, 0.15) is 28.4 Å². The lowest BCUT2D eigenvalue weighted by molar-refractivity contribution is -0.384. The number of hydrogen-bond acceptors (Lipinski definition) is 6. The van der Waals surface area contributed by atoms with Gasteiger partial charge in [-0.25, -0.2) is 0 Å². The van der Waals surface area contributed by atoms with Gasteiger partial charge in [-0.1, -0.05) is 30.3 Å². The van der Waals surface area contributed by atoms with Gasteiger partial charge in [0.2, 0.25) is 0 Å². The number of carbonyl (C=O) groups is 1. The monoisotopic (exact) mass is 406 g/mol. The Hall–Kier alpha value is -3.52. The first-order chi connectivity index (χ1) is 14.4. The summed E-state index contributed by atoms with van der Waals surface area (Å²) >= 11 is 0. The molecule has 0 saturated carbocycles. The van der Waals surface area contributed by atoms with Gasteiger partial charge in [0.05, 0.1) is 24.3 Å². The van der Waals surface area contributed by atoms with Crippen LogP contribution in [-0.2, 0) is 17.4 Å². The second-order valence-corrected chi connectivity index (χ2v) is 7.56. The molecule has 0 bridgehead atoms. The fourth-order valence-electron chi connectivity index (χ4n) is 3.78. The highest BCUT2D eigenvalue weighted by molar-refractivity contribution is 6.09. The van der Waals surface area contributed by atoms with Crippen LogP contribution in [-0.4, -0.2) is 40.2 Å². The topological polar surface area (TPSA) is 90.5 Å². The number of benzene rings is 2. The Bertz CT molecular complexity index is 1100. The van der Waals surface area contributed by atoms with Crippen LogP contribution in [0.25, 0.3) is 0 Å². The fraction of sp³-hybridized carbons (Fsp3) is 0.273. The van der Waals surface area contributed by atoms with Crippen molar-refractivity contribution in [2.75, 3.05) is 24.6 Å². The Balaban J connectivity index is 1.67. The maximum absolute atomic E-state index is 12.7. The summed E-state index contributed by atoms with van der Waals surface area (Å²) in [6.07, 6.45) is 3.64. The SMILES string of the molecule is Cn1cc(C2(C)CN(c3ccc(C(=O)c4ccccc4)cc3[N+](=O)[O-])CCO2)cn1. The lowest BCUT2D eigenvalue weighted by Crippen LogP contribution is -2.48. The molecule has 1 aliphatic rings. The van der Waals surface area contributed by atoms with Crippen molar-refractivity contribution in [2.24, 2.45) is 7.05 Å². The van der Waals surface area contributed by atoms with Crippen LogP contribution in [0.4, 0.5) is 11.4 Å². The summed E-state index contributed by atoms with van der Waals surface area (Å²) in [5.41, 5.74) is 1.44. The summed E-state index contributed by atoms with van der Waals surface area (Å²) in [6.45, 7) is 3.33. The predicted octanol–water partition coefficient (Wildman–Crippen LogP) is 3.31. The van der Waals surface area contributed by atoms with Crippen molar-refractivity contribution in [3.8, 4) is 0 Å². The summed E-state index contributed by atoms with van der Waals surface area (Å²) in [5.74, 6) is -0.243. The number of ether oxygens (including phenoxy) is 1. The van der Waals surface area contributed by atoms with Gasteiger partial charge >= 0.3 is 0 Å². The van der Waals surface area contributed by atoms with E-state index < -0.39 is 10.5 Å². The van der Waals surface area contributed by atoms with Crippen molar-refractivity contribution in [1.29, 1.82) is 0 Å². The summed E-state index contributed by atoms with van der Waals surface area (Å²) in [6, 6.07) is 13.4. The van der Waals surface area contributed by atoms with Gasteiger partial charge in [0.15, 0.2) is 5.78 Å². The van der Waals surface area contributed by atoms with E-state index in [1.54, 1.807) is 47.3 Å². The Morgan fingerprint density at radius 2 is 1.97 bits per heavy atom. The highest BCUT2D eigenvalue weighted by atomic mass is 16.6. The molecule has 0 amide bonds. The Kier molecular flexibility index (Phi) is 5.09. The third kappa shape index (κ3) is 3.69. The summed E-state index contributed by atoms with van der Waals surface area (Å²) in [7, 11) is 1.83. The highest BCUT2D eigenvalue weighted by Gasteiger charge is 2.37. The maximum Gasteiger partial charge on any atom is 0.293 e. The van der Waals surface area contributed by atoms with E-state index in [9.17, 15) is 14.9 Å². The summed E-state index contributed by atoms with van der Waals surface area (Å²) in [5, 5.41) is 16.0. The van der Waals surface area contributed by atoms with Crippen molar-refractivity contribution in [3.63, 3.8) is 0 Å². The van der Waals surface area contributed by atoms with E-state index >= 15 is 0 Å². The molecule has 0 aliphatic carbocycles. The molecule has 2 aromatic carbocycles. The molecule has 1 atom stereocenters. The van der Waals surface area contributed by atoms with E-state index in [0.29, 0.717) is 36.5 Å². The summed E-state index contributed by atoms with van der Waals surface area (Å²) in [4.78, 5) is 26.1. The second-order valence-electron chi connectivity index (χ2n) is 7.56. The van der Waals surface area contributed by atoms with Crippen molar-refractivity contribution >= 4 is 17.2 Å². The van der Waals surface area contributed by atoms with Gasteiger partial charge in [-0.05, 0) is 19.1 Å². The van der Waals surface area contributed by atoms with Gasteiger partial charge in [-0.2, -0.15) is 5.10 Å². The smallest absolute Gasteiger partial charge is 0.293 e. The molecule has 2 heterocycles. The molecule has 0 spiro atoms. The number of nitrogens with zero attached hydrogens (tertiary/aromatic N) is 4. The fourth-order valence-corrected chi connectivity index (χ4v) is 3.78. The van der Waals surface area contributed by atoms with Crippen molar-refractivity contribution < 1.29 is 14.5 Å². The molecule has 8 heteroatoms. The first kappa shape index (κ1) is 19.8. The number of ketones is 1. The van der Waals surface area contributed by atoms with E-state index in [4.69, 9.17) is 4.74 Å². The Labute approximate surface area is 173 Å². The van der Waals surface area contributed by atoms with E-state index in [0.717, 1.165) is 5.56 Å². The van der Waals surface area contributed by atoms with Gasteiger partial charge in [0, 0.05) is 42.5 Å². The van der Waals surface area contributed by atoms with E-state index in [2.05, 4.69) is 5.10 Å². The Morgan fingerprint density at radius 3 is 2.63 bits per heavy atom. The summed E-state index contributed by atoms with van der Waals surface area (Å²) < 4.78 is 7.72. The number of carbonyl (C=O) groups excluding carboxylic acids is 1. The van der Waals surface area contributed by atoms with Crippen LogP contribution in [0.3, 0.4) is 0 Å². The molecular weight excluding hydrogens is 384 g/mol. The number of morpholine rings is 1. The molecular formula is C22H22N4O4. The largest absolute Gasteiger partial charge is 0.367 e. The standard InChI is InChI=1S/C22H22N4O4/c1-22(18-13-23-24(2)14-18)15-25(10-11-30-22)19-9-8-17(12-20(19)26(28)29)21(27)16-6-4-3-5-7-16/h3-9,12-14H,10-11,15H2,1-2H3. The highest BCUT2D eigenvalue weighted by Crippen LogP contribution is 2.36. The van der Waals surface area contributed by atoms with Crippen LogP contribution < -0.4 is 4.90 Å². The van der Waals surface area contributed by atoms with Gasteiger partial charge in [0.25, 0.3) is 5.69 Å². The quantitative estimate of drug-likeness (QED) is 0.367. The molecule has 30 heavy (non-hydrogen) atoms. The van der Waals surface area contributed by atoms with Gasteiger partial charge < -0.3 is 9.64 Å². The molecule has 1 aromatic heterocycles. The minimum atomic E-state index is -0.640.